The van der Waals surface area contributed by atoms with E-state index in [1.54, 1.807) is 92.6 Å². The summed E-state index contributed by atoms with van der Waals surface area (Å²) in [5.41, 5.74) is 2.38. The number of fused-ring (bicyclic) bond motifs is 2. The smallest absolute Gasteiger partial charge is 0.347 e. The lowest BCUT2D eigenvalue weighted by atomic mass is 9.91. The van der Waals surface area contributed by atoms with Crippen LogP contribution in [0.15, 0.2) is 101 Å². The van der Waals surface area contributed by atoms with E-state index in [1.807, 2.05) is 0 Å². The maximum Gasteiger partial charge on any atom is 0.347 e. The van der Waals surface area contributed by atoms with E-state index >= 15 is 4.39 Å². The molecule has 3 aliphatic heterocycles. The van der Waals surface area contributed by atoms with E-state index in [-0.39, 0.29) is 86.4 Å². The molecule has 1 N–H and O–H groups in total. The van der Waals surface area contributed by atoms with Gasteiger partial charge in [-0.25, -0.2) is 19.0 Å². The number of nitrogens with zero attached hydrogens (tertiary/aromatic N) is 5. The molecule has 0 spiro atoms. The van der Waals surface area contributed by atoms with Gasteiger partial charge in [0.15, 0.2) is 41.8 Å². The van der Waals surface area contributed by atoms with Gasteiger partial charge in [0, 0.05) is 36.3 Å². The second kappa shape index (κ2) is 24.6. The van der Waals surface area contributed by atoms with Gasteiger partial charge in [0.05, 0.1) is 24.8 Å². The maximum absolute atomic E-state index is 16.3. The fourth-order valence-electron chi connectivity index (χ4n) is 8.66. The Balaban J connectivity index is 1.03. The predicted octanol–water partition coefficient (Wildman–Crippen LogP) is 1.23. The fraction of sp³-hybridized carbons (Fsp3) is 0.286. The molecule has 0 aliphatic carbocycles. The second-order valence-corrected chi connectivity index (χ2v) is 19.8. The first kappa shape index (κ1) is 54.4. The quantitative estimate of drug-likeness (QED) is 0.0150. The van der Waals surface area contributed by atoms with Gasteiger partial charge in [-0.3, -0.25) is 24.1 Å². The number of halogens is 1. The number of thiazole rings is 1. The lowest BCUT2D eigenvalue weighted by molar-refractivity contribution is -0.696. The Morgan fingerprint density at radius 1 is 1.03 bits per heavy atom. The Hall–Kier alpha value is -7.90. The van der Waals surface area contributed by atoms with E-state index in [4.69, 9.17) is 33.1 Å². The molecule has 2 aromatic heterocycles. The molecule has 5 aromatic rings. The van der Waals surface area contributed by atoms with Crippen molar-refractivity contribution < 1.29 is 80.0 Å². The number of carbonyl (C=O) groups is 6. The highest BCUT2D eigenvalue weighted by molar-refractivity contribution is 7.92. The second-order valence-electron chi connectivity index (χ2n) is 17.2. The van der Waals surface area contributed by atoms with Crippen LogP contribution in [0.25, 0.3) is 0 Å². The summed E-state index contributed by atoms with van der Waals surface area (Å²) in [6.07, 6.45) is 1.13. The van der Waals surface area contributed by atoms with Gasteiger partial charge in [-0.1, -0.05) is 29.4 Å². The summed E-state index contributed by atoms with van der Waals surface area (Å²) in [6, 6.07) is 18.8. The largest absolute Gasteiger partial charge is 0.614 e. The first-order valence-electron chi connectivity index (χ1n) is 23.6. The van der Waals surface area contributed by atoms with Crippen LogP contribution in [0.5, 0.6) is 23.0 Å². The van der Waals surface area contributed by atoms with Crippen LogP contribution in [0, 0.1) is 12.7 Å². The molecule has 3 aromatic carbocycles. The van der Waals surface area contributed by atoms with Gasteiger partial charge >= 0.3 is 35.5 Å². The fourth-order valence-corrected chi connectivity index (χ4v) is 10.9. The van der Waals surface area contributed by atoms with Crippen molar-refractivity contribution in [3.8, 4) is 23.0 Å². The zero-order chi connectivity index (χ0) is 54.0. The molecule has 27 heteroatoms. The lowest BCUT2D eigenvalue weighted by Crippen LogP contribution is -2.75. The molecule has 0 radical (unpaired) electrons. The molecule has 392 valence electrons. The normalized spacial score (nSPS) is 17.2. The van der Waals surface area contributed by atoms with Crippen LogP contribution in [-0.2, 0) is 80.1 Å². The zero-order valence-corrected chi connectivity index (χ0v) is 43.4. The van der Waals surface area contributed by atoms with Crippen LogP contribution in [0.3, 0.4) is 0 Å². The summed E-state index contributed by atoms with van der Waals surface area (Å²) in [7, 11) is 5.12. The predicted molar refractivity (Wildman–Crippen MR) is 277 cm³/mol. The third-order valence-electron chi connectivity index (χ3n) is 12.5. The van der Waals surface area contributed by atoms with Gasteiger partial charge < -0.3 is 52.5 Å². The Labute approximate surface area is 444 Å². The molecule has 1 fully saturated rings. The number of oxime groups is 1. The van der Waals surface area contributed by atoms with Gasteiger partial charge in [-0.05, 0) is 78.1 Å². The average molecular weight is 1080 g/mol. The molecule has 3 amide bonds. The van der Waals surface area contributed by atoms with Crippen LogP contribution < -0.4 is 33.7 Å². The summed E-state index contributed by atoms with van der Waals surface area (Å²) < 4.78 is 69.6. The van der Waals surface area contributed by atoms with E-state index in [9.17, 15) is 33.3 Å². The Bertz CT molecular complexity index is 3080. The molecule has 76 heavy (non-hydrogen) atoms. The highest BCUT2D eigenvalue weighted by atomic mass is 32.2. The molecule has 4 atom stereocenters. The molecule has 5 heterocycles. The topological polar surface area (TPSA) is 247 Å². The minimum absolute atomic E-state index is 0.00156. The lowest BCUT2D eigenvalue weighted by Gasteiger charge is -2.48. The number of nitrogens with one attached hydrogen (secondary N) is 1. The van der Waals surface area contributed by atoms with E-state index in [2.05, 4.69) is 20.1 Å². The summed E-state index contributed by atoms with van der Waals surface area (Å²) in [5.74, 6) is -3.97. The third kappa shape index (κ3) is 12.0. The summed E-state index contributed by atoms with van der Waals surface area (Å²) >= 11 is -0.721. The Kier molecular flexibility index (Phi) is 17.6. The summed E-state index contributed by atoms with van der Waals surface area (Å²) in [4.78, 5) is 91.6. The van der Waals surface area contributed by atoms with Crippen molar-refractivity contribution in [1.82, 2.24) is 15.2 Å². The van der Waals surface area contributed by atoms with E-state index in [1.165, 1.54) is 27.7 Å². The zero-order valence-electron chi connectivity index (χ0n) is 41.8. The van der Waals surface area contributed by atoms with Gasteiger partial charge in [0.2, 0.25) is 17.2 Å². The number of anilines is 1. The van der Waals surface area contributed by atoms with Gasteiger partial charge in [0.25, 0.3) is 24.2 Å². The molecule has 3 aliphatic rings. The van der Waals surface area contributed by atoms with Crippen LogP contribution in [0.1, 0.15) is 44.3 Å². The van der Waals surface area contributed by atoms with Gasteiger partial charge in [0.1, 0.15) is 47.5 Å². The first-order valence-corrected chi connectivity index (χ1v) is 25.8. The number of carbonyl (C=O) groups excluding carboxylic acids is 6. The maximum atomic E-state index is 16.3. The standard InChI is InChI=1S/C49H48B3FN6O15S2/c1-27-54-35(24-75-27)40(56-74-39(48(64)72-50)20-52-71-26-60)44(61)55-41-46(63)59-42(49(65)73-51)31(25-76(66)47(41)59)21-57-16-4-7-37-36(57)6-5-17-58(37)45(62)30-18-34(53)43(70-23-29-10-14-33(68-3)15-11-29)38(19-30)69-22-28-8-12-32(67-2)13-9-28/h4,7-16,18-19,24,26,39,41,47,52H,5-6,17,20-23,25,50-51H2,1-3H3/p+1/b56-40-/t39-,41+,47+,76?/m0/s1. The molecule has 8 rings (SSSR count). The first-order chi connectivity index (χ1) is 36.8. The van der Waals surface area contributed by atoms with Crippen molar-refractivity contribution >= 4 is 93.6 Å². The van der Waals surface area contributed by atoms with E-state index in [0.717, 1.165) is 38.2 Å². The molecular weight excluding hydrogens is 1030 g/mol. The molecule has 0 bridgehead atoms. The number of pyridine rings is 1. The van der Waals surface area contributed by atoms with Gasteiger partial charge in [-0.15, -0.1) is 11.3 Å². The van der Waals surface area contributed by atoms with Gasteiger partial charge in [-0.2, -0.15) is 4.57 Å². The number of hydrogen-bond donors (Lipinski definition) is 1. The Morgan fingerprint density at radius 2 is 1.72 bits per heavy atom. The highest BCUT2D eigenvalue weighted by Crippen LogP contribution is 2.39. The molecule has 1 unspecified atom stereocenters. The van der Waals surface area contributed by atoms with Crippen LogP contribution in [0.4, 0.5) is 10.1 Å². The number of benzene rings is 3. The van der Waals surface area contributed by atoms with E-state index in [0.29, 0.717) is 40.7 Å². The number of β-lactam (4-membered cyclic amide) rings is 1. The van der Waals surface area contributed by atoms with Crippen molar-refractivity contribution in [3.05, 3.63) is 135 Å². The van der Waals surface area contributed by atoms with Crippen LogP contribution in [-0.4, -0.2) is 124 Å². The van der Waals surface area contributed by atoms with Crippen LogP contribution >= 0.6 is 11.3 Å². The minimum atomic E-state index is -1.90. The number of amides is 3. The highest BCUT2D eigenvalue weighted by Gasteiger charge is 2.61. The Morgan fingerprint density at radius 3 is 2.36 bits per heavy atom. The average Bonchev–Trinajstić information content (AvgIpc) is 3.92. The van der Waals surface area contributed by atoms with Crippen molar-refractivity contribution in [2.24, 2.45) is 5.16 Å². The number of ether oxygens (including phenoxy) is 4. The van der Waals surface area contributed by atoms with Crippen molar-refractivity contribution in [1.29, 1.82) is 0 Å². The summed E-state index contributed by atoms with van der Waals surface area (Å²) in [6.45, 7) is 2.09. The minimum Gasteiger partial charge on any atom is -0.614 e. The molecular formula is C49H49B3FN6O15S2+. The third-order valence-corrected chi connectivity index (χ3v) is 14.9. The molecule has 21 nitrogen and oxygen atoms in total. The number of aromatic nitrogens is 2. The van der Waals surface area contributed by atoms with E-state index < -0.39 is 69.9 Å². The van der Waals surface area contributed by atoms with Crippen LogP contribution in [0.2, 0.25) is 6.32 Å². The summed E-state index contributed by atoms with van der Waals surface area (Å²) in [5, 5.41) is 7.32. The number of methoxy groups -OCH3 is 2. The number of rotatable bonds is 22. The SMILES string of the molecule is BOC(=O)C1=C(C[n+]2cccc3c2CCCN3C(=O)c2cc(F)c(OCc3ccc(OC)cc3)c(OCc3ccc(OC)cc3)c2)C[S+]([O-])[C@@H]2[C@H](NC(=O)/C(=N\O[C@@H](CBOC=O)C(=O)OB)c3csc(C)n3)C(=O)N12. The molecule has 0 saturated carbocycles. The number of aryl methyl sites for hydroxylation is 1. The monoisotopic (exact) mass is 1080 g/mol. The molecule has 1 saturated heterocycles. The van der Waals surface area contributed by atoms with Crippen molar-refractivity contribution in [2.45, 2.75) is 63.4 Å². The van der Waals surface area contributed by atoms with Crippen molar-refractivity contribution in [3.63, 3.8) is 0 Å². The van der Waals surface area contributed by atoms with Crippen molar-refractivity contribution in [2.75, 3.05) is 31.4 Å². The number of hydrogen-bond acceptors (Lipinski definition) is 18.